The van der Waals surface area contributed by atoms with E-state index in [1.807, 2.05) is 52.0 Å². The second-order valence-corrected chi connectivity index (χ2v) is 9.57. The molecule has 0 radical (unpaired) electrons. The summed E-state index contributed by atoms with van der Waals surface area (Å²) in [5.41, 5.74) is 4.20. The maximum Gasteiger partial charge on any atom is 0.337 e. The van der Waals surface area contributed by atoms with Crippen LogP contribution in [0.2, 0.25) is 0 Å². The molecule has 196 valence electrons. The van der Waals surface area contributed by atoms with Crippen LogP contribution < -0.4 is 14.8 Å². The van der Waals surface area contributed by atoms with Gasteiger partial charge in [-0.1, -0.05) is 25.1 Å². The van der Waals surface area contributed by atoms with E-state index in [1.54, 1.807) is 25.3 Å². The van der Waals surface area contributed by atoms with Crippen LogP contribution in [0.15, 0.2) is 65.0 Å². The predicted octanol–water partition coefficient (Wildman–Crippen LogP) is 5.50. The fourth-order valence-electron chi connectivity index (χ4n) is 5.07. The van der Waals surface area contributed by atoms with Crippen molar-refractivity contribution in [2.75, 3.05) is 13.7 Å². The normalized spacial score (nSPS) is 20.2. The van der Waals surface area contributed by atoms with E-state index in [1.165, 1.54) is 0 Å². The fourth-order valence-corrected chi connectivity index (χ4v) is 5.07. The fraction of sp³-hybridized carbons (Fsp3) is 0.400. The topological polar surface area (TPSA) is 94.1 Å². The minimum absolute atomic E-state index is 0.00512. The van der Waals surface area contributed by atoms with E-state index in [0.717, 1.165) is 17.0 Å². The van der Waals surface area contributed by atoms with Crippen molar-refractivity contribution in [1.29, 1.82) is 0 Å². The summed E-state index contributed by atoms with van der Waals surface area (Å²) in [7, 11) is 1.63. The van der Waals surface area contributed by atoms with Crippen LogP contribution in [0.25, 0.3) is 0 Å². The molecule has 0 bridgehead atoms. The lowest BCUT2D eigenvalue weighted by molar-refractivity contribution is -0.144. The summed E-state index contributed by atoms with van der Waals surface area (Å²) >= 11 is 0. The molecule has 7 heteroatoms. The quantitative estimate of drug-likeness (QED) is 0.457. The minimum Gasteiger partial charge on any atom is -0.504 e. The summed E-state index contributed by atoms with van der Waals surface area (Å²) in [6, 6.07) is 12.8. The minimum atomic E-state index is -0.628. The van der Waals surface area contributed by atoms with Gasteiger partial charge in [0, 0.05) is 29.3 Å². The zero-order valence-corrected chi connectivity index (χ0v) is 22.1. The molecule has 0 spiro atoms. The van der Waals surface area contributed by atoms with Gasteiger partial charge in [0.2, 0.25) is 0 Å². The molecule has 4 rings (SSSR count). The molecule has 3 atom stereocenters. The van der Waals surface area contributed by atoms with E-state index in [2.05, 4.69) is 5.32 Å². The highest BCUT2D eigenvalue weighted by Gasteiger charge is 2.42. The lowest BCUT2D eigenvalue weighted by Gasteiger charge is -2.37. The highest BCUT2D eigenvalue weighted by molar-refractivity contribution is 6.04. The molecule has 2 aromatic rings. The number of hydrogen-bond acceptors (Lipinski definition) is 7. The zero-order valence-electron chi connectivity index (χ0n) is 22.1. The van der Waals surface area contributed by atoms with Gasteiger partial charge in [0.05, 0.1) is 25.4 Å². The summed E-state index contributed by atoms with van der Waals surface area (Å²) in [5.74, 6) is -0.0104. The molecule has 2 N–H and O–H groups in total. The predicted molar refractivity (Wildman–Crippen MR) is 141 cm³/mol. The Balaban J connectivity index is 1.79. The van der Waals surface area contributed by atoms with Crippen molar-refractivity contribution >= 4 is 11.8 Å². The molecular formula is C30H35NO6. The summed E-state index contributed by atoms with van der Waals surface area (Å²) < 4.78 is 16.6. The van der Waals surface area contributed by atoms with Crippen molar-refractivity contribution in [2.45, 2.75) is 64.9 Å². The van der Waals surface area contributed by atoms with Crippen LogP contribution >= 0.6 is 0 Å². The molecule has 2 aliphatic rings. The van der Waals surface area contributed by atoms with Crippen LogP contribution in [0.3, 0.4) is 0 Å². The average Bonchev–Trinajstić information content (AvgIpc) is 2.89. The van der Waals surface area contributed by atoms with Gasteiger partial charge < -0.3 is 24.6 Å². The van der Waals surface area contributed by atoms with Crippen molar-refractivity contribution in [2.24, 2.45) is 0 Å². The molecule has 2 aromatic carbocycles. The van der Waals surface area contributed by atoms with Crippen molar-refractivity contribution in [3.05, 3.63) is 76.1 Å². The van der Waals surface area contributed by atoms with Gasteiger partial charge in [0.15, 0.2) is 17.3 Å². The Morgan fingerprint density at radius 3 is 2.46 bits per heavy atom. The number of ether oxygens (including phenoxy) is 3. The monoisotopic (exact) mass is 505 g/mol. The van der Waals surface area contributed by atoms with Crippen LogP contribution in [0.1, 0.15) is 69.9 Å². The first kappa shape index (κ1) is 26.3. The van der Waals surface area contributed by atoms with Crippen LogP contribution in [-0.2, 0) is 14.3 Å². The third-order valence-electron chi connectivity index (χ3n) is 7.13. The van der Waals surface area contributed by atoms with Gasteiger partial charge in [-0.2, -0.15) is 0 Å². The maximum atomic E-state index is 13.8. The molecule has 0 amide bonds. The van der Waals surface area contributed by atoms with Crippen LogP contribution in [0, 0.1) is 0 Å². The molecule has 0 fully saturated rings. The number of carbonyl (C=O) groups excluding carboxylic acids is 2. The molecule has 7 nitrogen and oxygen atoms in total. The summed E-state index contributed by atoms with van der Waals surface area (Å²) in [5, 5.41) is 13.7. The first-order chi connectivity index (χ1) is 17.8. The Labute approximate surface area is 218 Å². The number of nitrogens with one attached hydrogen (secondary N) is 1. The number of aromatic hydroxyl groups is 1. The number of esters is 1. The van der Waals surface area contributed by atoms with Crippen molar-refractivity contribution in [1.82, 2.24) is 5.32 Å². The Morgan fingerprint density at radius 2 is 1.81 bits per heavy atom. The Bertz CT molecular complexity index is 1240. The van der Waals surface area contributed by atoms with Crippen molar-refractivity contribution in [3.63, 3.8) is 0 Å². The van der Waals surface area contributed by atoms with E-state index >= 15 is 0 Å². The van der Waals surface area contributed by atoms with Gasteiger partial charge in [-0.15, -0.1) is 0 Å². The number of phenolic OH excluding ortho intramolecular Hbond substituents is 1. The number of ketones is 1. The first-order valence-corrected chi connectivity index (χ1v) is 12.8. The molecule has 0 saturated carbocycles. The second kappa shape index (κ2) is 11.1. The molecule has 1 aliphatic heterocycles. The van der Waals surface area contributed by atoms with E-state index in [-0.39, 0.29) is 23.6 Å². The molecule has 0 aromatic heterocycles. The summed E-state index contributed by atoms with van der Waals surface area (Å²) in [4.78, 5) is 27.2. The molecule has 0 saturated heterocycles. The van der Waals surface area contributed by atoms with Gasteiger partial charge >= 0.3 is 5.97 Å². The number of rotatable bonds is 8. The van der Waals surface area contributed by atoms with Gasteiger partial charge in [-0.05, 0) is 74.9 Å². The van der Waals surface area contributed by atoms with Crippen molar-refractivity contribution < 1.29 is 28.9 Å². The van der Waals surface area contributed by atoms with Gasteiger partial charge in [-0.3, -0.25) is 4.79 Å². The smallest absolute Gasteiger partial charge is 0.337 e. The largest absolute Gasteiger partial charge is 0.504 e. The summed E-state index contributed by atoms with van der Waals surface area (Å²) in [6.45, 7) is 7.85. The zero-order chi connectivity index (χ0) is 26.7. The highest BCUT2D eigenvalue weighted by atomic mass is 16.5. The second-order valence-electron chi connectivity index (χ2n) is 9.57. The van der Waals surface area contributed by atoms with Crippen LogP contribution in [-0.4, -0.2) is 36.7 Å². The van der Waals surface area contributed by atoms with Crippen LogP contribution in [0.4, 0.5) is 0 Å². The number of Topliss-reactive ketones (excluding diaryl/α,β-unsaturated/α-hetero) is 1. The van der Waals surface area contributed by atoms with Crippen LogP contribution in [0.5, 0.6) is 17.2 Å². The number of carbonyl (C=O) groups is 2. The van der Waals surface area contributed by atoms with Crippen molar-refractivity contribution in [3.8, 4) is 17.2 Å². The lowest BCUT2D eigenvalue weighted by atomic mass is 9.71. The SMILES string of the molecule is CCOc1cc(C2C(C(=O)OC(C)CC)=C(C)NC3=C2C(=O)CC(c2ccc(OC)cc2)C3)ccc1O. The Morgan fingerprint density at radius 1 is 1.11 bits per heavy atom. The van der Waals surface area contributed by atoms with E-state index < -0.39 is 11.9 Å². The van der Waals surface area contributed by atoms with Gasteiger partial charge in [0.1, 0.15) is 5.75 Å². The molecule has 1 aliphatic carbocycles. The number of dihydropyridines is 1. The van der Waals surface area contributed by atoms with E-state index in [9.17, 15) is 14.7 Å². The molecule has 3 unspecified atom stereocenters. The number of phenols is 1. The standard InChI is InChI=1S/C30H35NO6/c1-6-17(3)37-30(34)27-18(4)31-23-14-21(19-8-11-22(35-5)12-9-19)15-25(33)29(23)28(27)20-10-13-24(32)26(16-20)36-7-2/h8-13,16-17,21,28,31-32H,6-7,14-15H2,1-5H3. The van der Waals surface area contributed by atoms with E-state index in [0.29, 0.717) is 54.0 Å². The molecule has 1 heterocycles. The lowest BCUT2D eigenvalue weighted by Crippen LogP contribution is -2.36. The molecule has 37 heavy (non-hydrogen) atoms. The third kappa shape index (κ3) is 5.36. The molecular weight excluding hydrogens is 470 g/mol. The number of hydrogen-bond donors (Lipinski definition) is 2. The average molecular weight is 506 g/mol. The highest BCUT2D eigenvalue weighted by Crippen LogP contribution is 2.47. The van der Waals surface area contributed by atoms with Gasteiger partial charge in [-0.25, -0.2) is 4.79 Å². The Kier molecular flexibility index (Phi) is 7.91. The van der Waals surface area contributed by atoms with Gasteiger partial charge in [0.25, 0.3) is 0 Å². The maximum absolute atomic E-state index is 13.8. The number of allylic oxidation sites excluding steroid dienone is 3. The third-order valence-corrected chi connectivity index (χ3v) is 7.13. The Hall–Kier alpha value is -3.74. The first-order valence-electron chi connectivity index (χ1n) is 12.8. The number of methoxy groups -OCH3 is 1. The summed E-state index contributed by atoms with van der Waals surface area (Å²) in [6.07, 6.45) is 1.38. The van der Waals surface area contributed by atoms with E-state index in [4.69, 9.17) is 14.2 Å². The number of benzene rings is 2.